The Kier molecular flexibility index (Phi) is 5.72. The van der Waals surface area contributed by atoms with Gasteiger partial charge in [-0.1, -0.05) is 12.1 Å². The average molecular weight is 343 g/mol. The summed E-state index contributed by atoms with van der Waals surface area (Å²) >= 11 is 1.76. The van der Waals surface area contributed by atoms with Crippen molar-refractivity contribution >= 4 is 29.2 Å². The molecule has 2 heterocycles. The maximum absolute atomic E-state index is 12.3. The summed E-state index contributed by atoms with van der Waals surface area (Å²) in [6, 6.07) is 11.5. The van der Waals surface area contributed by atoms with Gasteiger partial charge in [-0.15, -0.1) is 0 Å². The molecule has 6 heteroatoms. The number of hydrogen-bond acceptors (Lipinski definition) is 5. The van der Waals surface area contributed by atoms with Gasteiger partial charge in [0.2, 0.25) is 0 Å². The first-order valence-electron chi connectivity index (χ1n) is 7.94. The number of aromatic nitrogens is 1. The molecular formula is C18H21N3O2S. The van der Waals surface area contributed by atoms with Crippen LogP contribution >= 0.6 is 11.8 Å². The van der Waals surface area contributed by atoms with Crippen LogP contribution in [0.5, 0.6) is 0 Å². The molecule has 126 valence electrons. The van der Waals surface area contributed by atoms with Crippen molar-refractivity contribution in [2.75, 3.05) is 42.8 Å². The normalized spacial score (nSPS) is 14.5. The summed E-state index contributed by atoms with van der Waals surface area (Å²) in [6.45, 7) is 3.15. The van der Waals surface area contributed by atoms with Gasteiger partial charge >= 0.3 is 0 Å². The Morgan fingerprint density at radius 2 is 1.96 bits per heavy atom. The van der Waals surface area contributed by atoms with E-state index in [1.165, 1.54) is 5.56 Å². The number of benzene rings is 1. The molecule has 0 saturated carbocycles. The standard InChI is InChI=1S/C18H21N3O2S/c1-24-13-14-2-4-15(5-3-14)18(22)20-16-6-7-17(19-12-16)21-8-10-23-11-9-21/h2-7,12H,8-11,13H2,1H3,(H,20,22). The highest BCUT2D eigenvalue weighted by Gasteiger charge is 2.12. The van der Waals surface area contributed by atoms with E-state index < -0.39 is 0 Å². The number of ether oxygens (including phenoxy) is 1. The molecule has 0 spiro atoms. The molecule has 2 aromatic rings. The van der Waals surface area contributed by atoms with E-state index in [1.54, 1.807) is 18.0 Å². The monoisotopic (exact) mass is 343 g/mol. The molecule has 0 bridgehead atoms. The largest absolute Gasteiger partial charge is 0.378 e. The van der Waals surface area contributed by atoms with Crippen molar-refractivity contribution in [3.8, 4) is 0 Å². The zero-order valence-corrected chi connectivity index (χ0v) is 14.5. The van der Waals surface area contributed by atoms with E-state index >= 15 is 0 Å². The first-order chi connectivity index (χ1) is 11.8. The Labute approximate surface area is 146 Å². The number of nitrogens with zero attached hydrogens (tertiary/aromatic N) is 2. The second-order valence-corrected chi connectivity index (χ2v) is 6.45. The van der Waals surface area contributed by atoms with Gasteiger partial charge in [0.05, 0.1) is 25.1 Å². The lowest BCUT2D eigenvalue weighted by atomic mass is 10.1. The van der Waals surface area contributed by atoms with Gasteiger partial charge < -0.3 is 15.0 Å². The zero-order chi connectivity index (χ0) is 16.8. The molecule has 1 amide bonds. The molecule has 24 heavy (non-hydrogen) atoms. The smallest absolute Gasteiger partial charge is 0.255 e. The van der Waals surface area contributed by atoms with Crippen LogP contribution in [0.15, 0.2) is 42.6 Å². The Morgan fingerprint density at radius 3 is 2.58 bits per heavy atom. The summed E-state index contributed by atoms with van der Waals surface area (Å²) in [5, 5.41) is 2.89. The van der Waals surface area contributed by atoms with E-state index in [2.05, 4.69) is 21.5 Å². The molecule has 5 nitrogen and oxygen atoms in total. The second-order valence-electron chi connectivity index (χ2n) is 5.59. The number of thioether (sulfide) groups is 1. The van der Waals surface area contributed by atoms with Crippen molar-refractivity contribution in [2.45, 2.75) is 5.75 Å². The van der Waals surface area contributed by atoms with E-state index in [9.17, 15) is 4.79 Å². The summed E-state index contributed by atoms with van der Waals surface area (Å²) in [7, 11) is 0. The molecule has 0 unspecified atom stereocenters. The van der Waals surface area contributed by atoms with Crippen LogP contribution in [0, 0.1) is 0 Å². The number of rotatable bonds is 5. The van der Waals surface area contributed by atoms with Crippen LogP contribution in [0.4, 0.5) is 11.5 Å². The molecule has 3 rings (SSSR count). The lowest BCUT2D eigenvalue weighted by Gasteiger charge is -2.27. The quantitative estimate of drug-likeness (QED) is 0.904. The minimum atomic E-state index is -0.119. The van der Waals surface area contributed by atoms with Crippen LogP contribution in [0.1, 0.15) is 15.9 Å². The molecule has 1 fully saturated rings. The highest BCUT2D eigenvalue weighted by atomic mass is 32.2. The predicted molar refractivity (Wildman–Crippen MR) is 98.9 cm³/mol. The van der Waals surface area contributed by atoms with Gasteiger partial charge in [0, 0.05) is 24.4 Å². The van der Waals surface area contributed by atoms with Gasteiger partial charge in [-0.2, -0.15) is 11.8 Å². The van der Waals surface area contributed by atoms with Gasteiger partial charge in [-0.25, -0.2) is 4.98 Å². The van der Waals surface area contributed by atoms with Crippen LogP contribution in [-0.2, 0) is 10.5 Å². The Morgan fingerprint density at radius 1 is 1.21 bits per heavy atom. The van der Waals surface area contributed by atoms with Crippen molar-refractivity contribution < 1.29 is 9.53 Å². The van der Waals surface area contributed by atoms with Crippen LogP contribution < -0.4 is 10.2 Å². The van der Waals surface area contributed by atoms with Gasteiger partial charge in [0.25, 0.3) is 5.91 Å². The first kappa shape index (κ1) is 16.8. The molecule has 1 aromatic carbocycles. The summed E-state index contributed by atoms with van der Waals surface area (Å²) < 4.78 is 5.34. The van der Waals surface area contributed by atoms with Crippen LogP contribution in [0.25, 0.3) is 0 Å². The van der Waals surface area contributed by atoms with E-state index in [4.69, 9.17) is 4.74 Å². The molecule has 0 atom stereocenters. The number of anilines is 2. The number of morpholine rings is 1. The highest BCUT2D eigenvalue weighted by molar-refractivity contribution is 7.97. The lowest BCUT2D eigenvalue weighted by Crippen LogP contribution is -2.36. The van der Waals surface area contributed by atoms with Crippen molar-refractivity contribution in [3.63, 3.8) is 0 Å². The third-order valence-corrected chi connectivity index (χ3v) is 4.49. The van der Waals surface area contributed by atoms with Crippen LogP contribution in [0.2, 0.25) is 0 Å². The fourth-order valence-electron chi connectivity index (χ4n) is 2.56. The molecular weight excluding hydrogens is 322 g/mol. The minimum absolute atomic E-state index is 0.119. The molecule has 0 aliphatic carbocycles. The Bertz CT molecular complexity index is 668. The second kappa shape index (κ2) is 8.17. The molecule has 1 N–H and O–H groups in total. The van der Waals surface area contributed by atoms with Gasteiger partial charge in [0.15, 0.2) is 0 Å². The Hall–Kier alpha value is -2.05. The number of pyridine rings is 1. The van der Waals surface area contributed by atoms with Crippen LogP contribution in [0.3, 0.4) is 0 Å². The maximum Gasteiger partial charge on any atom is 0.255 e. The third-order valence-electron chi connectivity index (χ3n) is 3.87. The SMILES string of the molecule is CSCc1ccc(C(=O)Nc2ccc(N3CCOCC3)nc2)cc1. The summed E-state index contributed by atoms with van der Waals surface area (Å²) in [5.41, 5.74) is 2.57. The number of hydrogen-bond donors (Lipinski definition) is 1. The summed E-state index contributed by atoms with van der Waals surface area (Å²) in [5.74, 6) is 1.75. The van der Waals surface area contributed by atoms with Crippen molar-refractivity contribution in [3.05, 3.63) is 53.7 Å². The van der Waals surface area contributed by atoms with Crippen molar-refractivity contribution in [1.29, 1.82) is 0 Å². The van der Waals surface area contributed by atoms with Crippen molar-refractivity contribution in [1.82, 2.24) is 4.98 Å². The molecule has 1 aliphatic rings. The zero-order valence-electron chi connectivity index (χ0n) is 13.7. The molecule has 0 radical (unpaired) electrons. The minimum Gasteiger partial charge on any atom is -0.378 e. The average Bonchev–Trinajstić information content (AvgIpc) is 2.64. The topological polar surface area (TPSA) is 54.5 Å². The van der Waals surface area contributed by atoms with Gasteiger partial charge in [-0.3, -0.25) is 4.79 Å². The van der Waals surface area contributed by atoms with E-state index in [1.807, 2.05) is 36.4 Å². The highest BCUT2D eigenvalue weighted by Crippen LogP contribution is 2.17. The summed E-state index contributed by atoms with van der Waals surface area (Å²) in [4.78, 5) is 18.9. The van der Waals surface area contributed by atoms with Gasteiger partial charge in [0.1, 0.15) is 5.82 Å². The number of nitrogens with one attached hydrogen (secondary N) is 1. The van der Waals surface area contributed by atoms with E-state index in [0.29, 0.717) is 11.3 Å². The Balaban J connectivity index is 1.61. The molecule has 1 saturated heterocycles. The molecule has 1 aromatic heterocycles. The third kappa shape index (κ3) is 4.27. The lowest BCUT2D eigenvalue weighted by molar-refractivity contribution is 0.102. The van der Waals surface area contributed by atoms with Crippen molar-refractivity contribution in [2.24, 2.45) is 0 Å². The number of amides is 1. The predicted octanol–water partition coefficient (Wildman–Crippen LogP) is 3.03. The number of carbonyl (C=O) groups excluding carboxylic acids is 1. The first-order valence-corrected chi connectivity index (χ1v) is 9.33. The van der Waals surface area contributed by atoms with Gasteiger partial charge in [-0.05, 0) is 36.1 Å². The summed E-state index contributed by atoms with van der Waals surface area (Å²) in [6.07, 6.45) is 3.76. The fourth-order valence-corrected chi connectivity index (χ4v) is 3.09. The van der Waals surface area contributed by atoms with E-state index in [-0.39, 0.29) is 5.91 Å². The van der Waals surface area contributed by atoms with Crippen LogP contribution in [-0.4, -0.2) is 43.5 Å². The number of carbonyl (C=O) groups is 1. The maximum atomic E-state index is 12.3. The van der Waals surface area contributed by atoms with E-state index in [0.717, 1.165) is 37.9 Å². The molecule has 1 aliphatic heterocycles. The fraction of sp³-hybridized carbons (Fsp3) is 0.333.